The van der Waals surface area contributed by atoms with Crippen molar-refractivity contribution < 1.29 is 0 Å². The van der Waals surface area contributed by atoms with Crippen LogP contribution in [0.25, 0.3) is 0 Å². The first-order valence-electron chi connectivity index (χ1n) is 8.35. The minimum Gasteiger partial charge on any atom is -0.338 e. The van der Waals surface area contributed by atoms with Crippen LogP contribution in [-0.4, -0.2) is 60.7 Å². The summed E-state index contributed by atoms with van der Waals surface area (Å²) in [7, 11) is 0. The summed E-state index contributed by atoms with van der Waals surface area (Å²) in [5.41, 5.74) is 0. The minimum atomic E-state index is 0.867. The molecule has 5 nitrogen and oxygen atoms in total. The predicted molar refractivity (Wildman–Crippen MR) is 87.7 cm³/mol. The largest absolute Gasteiger partial charge is 0.338 e. The zero-order chi connectivity index (χ0) is 14.8. The fourth-order valence-corrected chi connectivity index (χ4v) is 2.66. The topological polar surface area (TPSA) is 44.3 Å². The Morgan fingerprint density at radius 1 is 1.00 bits per heavy atom. The maximum absolute atomic E-state index is 4.32. The van der Waals surface area contributed by atoms with Crippen molar-refractivity contribution in [3.63, 3.8) is 0 Å². The summed E-state index contributed by atoms with van der Waals surface area (Å²) in [6.07, 6.45) is 8.99. The van der Waals surface area contributed by atoms with Crippen LogP contribution in [0.5, 0.6) is 0 Å². The van der Waals surface area contributed by atoms with E-state index in [1.807, 2.05) is 18.5 Å². The van der Waals surface area contributed by atoms with E-state index in [0.29, 0.717) is 0 Å². The van der Waals surface area contributed by atoms with Gasteiger partial charge in [-0.3, -0.25) is 4.90 Å². The number of hydrogen-bond acceptors (Lipinski definition) is 5. The maximum atomic E-state index is 4.32. The summed E-state index contributed by atoms with van der Waals surface area (Å²) >= 11 is 0. The molecule has 0 saturated carbocycles. The highest BCUT2D eigenvalue weighted by Crippen LogP contribution is 2.09. The third kappa shape index (κ3) is 5.98. The van der Waals surface area contributed by atoms with Gasteiger partial charge in [-0.1, -0.05) is 26.2 Å². The van der Waals surface area contributed by atoms with Gasteiger partial charge in [0, 0.05) is 51.7 Å². The predicted octanol–water partition coefficient (Wildman–Crippen LogP) is 1.77. The molecule has 5 heteroatoms. The molecule has 0 aromatic carbocycles. The van der Waals surface area contributed by atoms with E-state index in [9.17, 15) is 0 Å². The van der Waals surface area contributed by atoms with Crippen LogP contribution in [0, 0.1) is 0 Å². The van der Waals surface area contributed by atoms with E-state index in [0.717, 1.165) is 51.8 Å². The van der Waals surface area contributed by atoms with Gasteiger partial charge < -0.3 is 10.2 Å². The van der Waals surface area contributed by atoms with Crippen molar-refractivity contribution >= 4 is 5.95 Å². The average molecular weight is 291 g/mol. The van der Waals surface area contributed by atoms with Crippen LogP contribution in [0.4, 0.5) is 5.95 Å². The number of aromatic nitrogens is 2. The molecule has 2 rings (SSSR count). The first-order chi connectivity index (χ1) is 10.4. The fraction of sp³-hybridized carbons (Fsp3) is 0.750. The molecule has 1 fully saturated rings. The number of nitrogens with one attached hydrogen (secondary N) is 1. The molecule has 21 heavy (non-hydrogen) atoms. The van der Waals surface area contributed by atoms with Gasteiger partial charge in [0.1, 0.15) is 0 Å². The van der Waals surface area contributed by atoms with Crippen molar-refractivity contribution in [2.45, 2.75) is 32.6 Å². The molecule has 1 saturated heterocycles. The molecule has 0 spiro atoms. The van der Waals surface area contributed by atoms with Crippen LogP contribution in [0.1, 0.15) is 32.6 Å². The second kappa shape index (κ2) is 9.68. The first-order valence-corrected chi connectivity index (χ1v) is 8.35. The van der Waals surface area contributed by atoms with E-state index < -0.39 is 0 Å². The van der Waals surface area contributed by atoms with Gasteiger partial charge in [0.05, 0.1) is 0 Å². The van der Waals surface area contributed by atoms with Crippen molar-refractivity contribution in [1.29, 1.82) is 0 Å². The van der Waals surface area contributed by atoms with Gasteiger partial charge in [-0.05, 0) is 19.0 Å². The van der Waals surface area contributed by atoms with Crippen molar-refractivity contribution in [2.75, 3.05) is 50.7 Å². The van der Waals surface area contributed by atoms with Crippen LogP contribution in [0.15, 0.2) is 18.5 Å². The molecule has 1 aliphatic rings. The minimum absolute atomic E-state index is 0.867. The molecule has 1 aromatic rings. The molecule has 0 amide bonds. The number of piperazine rings is 1. The SMILES string of the molecule is CCCCCCNCCN1CCN(c2ncccn2)CC1. The summed E-state index contributed by atoms with van der Waals surface area (Å²) in [6.45, 7) is 9.95. The summed E-state index contributed by atoms with van der Waals surface area (Å²) in [4.78, 5) is 13.4. The highest BCUT2D eigenvalue weighted by atomic mass is 15.3. The number of anilines is 1. The Morgan fingerprint density at radius 3 is 2.48 bits per heavy atom. The van der Waals surface area contributed by atoms with Crippen LogP contribution < -0.4 is 10.2 Å². The lowest BCUT2D eigenvalue weighted by molar-refractivity contribution is 0.256. The van der Waals surface area contributed by atoms with E-state index in [4.69, 9.17) is 0 Å². The van der Waals surface area contributed by atoms with E-state index in [1.165, 1.54) is 25.7 Å². The zero-order valence-corrected chi connectivity index (χ0v) is 13.3. The molecule has 1 N–H and O–H groups in total. The molecule has 2 heterocycles. The van der Waals surface area contributed by atoms with Crippen LogP contribution in [-0.2, 0) is 0 Å². The molecule has 0 unspecified atom stereocenters. The Hall–Kier alpha value is -1.20. The van der Waals surface area contributed by atoms with Gasteiger partial charge in [0.2, 0.25) is 5.95 Å². The van der Waals surface area contributed by atoms with Crippen molar-refractivity contribution in [3.8, 4) is 0 Å². The van der Waals surface area contributed by atoms with Crippen molar-refractivity contribution in [3.05, 3.63) is 18.5 Å². The van der Waals surface area contributed by atoms with Gasteiger partial charge in [-0.15, -0.1) is 0 Å². The Bertz CT molecular complexity index is 362. The van der Waals surface area contributed by atoms with Crippen LogP contribution in [0.2, 0.25) is 0 Å². The molecule has 1 aromatic heterocycles. The molecular formula is C16H29N5. The van der Waals surface area contributed by atoms with E-state index in [1.54, 1.807) is 0 Å². The monoisotopic (exact) mass is 291 g/mol. The number of unbranched alkanes of at least 4 members (excludes halogenated alkanes) is 3. The number of hydrogen-bond donors (Lipinski definition) is 1. The zero-order valence-electron chi connectivity index (χ0n) is 13.3. The summed E-state index contributed by atoms with van der Waals surface area (Å²) in [5, 5.41) is 3.55. The molecule has 0 aliphatic carbocycles. The summed E-state index contributed by atoms with van der Waals surface area (Å²) in [6, 6.07) is 1.87. The fourth-order valence-electron chi connectivity index (χ4n) is 2.66. The third-order valence-corrected chi connectivity index (χ3v) is 4.02. The van der Waals surface area contributed by atoms with Crippen molar-refractivity contribution in [1.82, 2.24) is 20.2 Å². The van der Waals surface area contributed by atoms with E-state index >= 15 is 0 Å². The second-order valence-electron chi connectivity index (χ2n) is 5.69. The van der Waals surface area contributed by atoms with Gasteiger partial charge in [-0.2, -0.15) is 0 Å². The Labute approximate surface area is 128 Å². The molecule has 0 atom stereocenters. The molecule has 1 aliphatic heterocycles. The van der Waals surface area contributed by atoms with Crippen LogP contribution >= 0.6 is 0 Å². The van der Waals surface area contributed by atoms with E-state index in [-0.39, 0.29) is 0 Å². The van der Waals surface area contributed by atoms with Crippen LogP contribution in [0.3, 0.4) is 0 Å². The summed E-state index contributed by atoms with van der Waals surface area (Å²) in [5.74, 6) is 0.867. The highest BCUT2D eigenvalue weighted by molar-refractivity contribution is 5.29. The lowest BCUT2D eigenvalue weighted by Gasteiger charge is -2.34. The normalized spacial score (nSPS) is 16.3. The lowest BCUT2D eigenvalue weighted by Crippen LogP contribution is -2.48. The van der Waals surface area contributed by atoms with Crippen molar-refractivity contribution in [2.24, 2.45) is 0 Å². The molecule has 0 radical (unpaired) electrons. The number of rotatable bonds is 9. The average Bonchev–Trinajstić information content (AvgIpc) is 2.55. The highest BCUT2D eigenvalue weighted by Gasteiger charge is 2.17. The molecule has 118 valence electrons. The smallest absolute Gasteiger partial charge is 0.225 e. The quantitative estimate of drug-likeness (QED) is 0.703. The Kier molecular flexibility index (Phi) is 7.46. The molecule has 0 bridgehead atoms. The maximum Gasteiger partial charge on any atom is 0.225 e. The van der Waals surface area contributed by atoms with E-state index in [2.05, 4.69) is 32.0 Å². The Balaban J connectivity index is 1.53. The lowest BCUT2D eigenvalue weighted by atomic mass is 10.2. The molecular weight excluding hydrogens is 262 g/mol. The first kappa shape index (κ1) is 16.2. The number of nitrogens with zero attached hydrogens (tertiary/aromatic N) is 4. The standard InChI is InChI=1S/C16H29N5/c1-2-3-4-5-7-17-10-11-20-12-14-21(15-13-20)16-18-8-6-9-19-16/h6,8-9,17H,2-5,7,10-15H2,1H3. The second-order valence-corrected chi connectivity index (χ2v) is 5.69. The van der Waals surface area contributed by atoms with Gasteiger partial charge >= 0.3 is 0 Å². The summed E-state index contributed by atoms with van der Waals surface area (Å²) < 4.78 is 0. The Morgan fingerprint density at radius 2 is 1.76 bits per heavy atom. The van der Waals surface area contributed by atoms with Gasteiger partial charge in [0.25, 0.3) is 0 Å². The van der Waals surface area contributed by atoms with Gasteiger partial charge in [0.15, 0.2) is 0 Å². The van der Waals surface area contributed by atoms with Gasteiger partial charge in [-0.25, -0.2) is 9.97 Å². The third-order valence-electron chi connectivity index (χ3n) is 4.02.